The number of nitrogens with zero attached hydrogens (tertiary/aromatic N) is 1. The van der Waals surface area contributed by atoms with Gasteiger partial charge in [-0.3, -0.25) is 0 Å². The first-order chi connectivity index (χ1) is 9.25. The Bertz CT molecular complexity index is 569. The lowest BCUT2D eigenvalue weighted by molar-refractivity contribution is 0.210. The molecule has 1 aromatic carbocycles. The average molecular weight is 278 g/mol. The van der Waals surface area contributed by atoms with Gasteiger partial charge < -0.3 is 9.30 Å². The molecule has 1 aromatic heterocycles. The maximum Gasteiger partial charge on any atom is 0.143 e. The number of hydrogen-bond acceptors (Lipinski definition) is 1. The van der Waals surface area contributed by atoms with Crippen molar-refractivity contribution >= 4 is 22.5 Å². The summed E-state index contributed by atoms with van der Waals surface area (Å²) in [6.45, 7) is 0.835. The van der Waals surface area contributed by atoms with E-state index in [1.165, 1.54) is 32.1 Å². The van der Waals surface area contributed by atoms with Crippen LogP contribution in [0.15, 0.2) is 24.4 Å². The summed E-state index contributed by atoms with van der Waals surface area (Å²) in [7, 11) is 2.03. The summed E-state index contributed by atoms with van der Waals surface area (Å²) in [5.74, 6) is 1.68. The van der Waals surface area contributed by atoms with Gasteiger partial charge in [0.2, 0.25) is 0 Å². The van der Waals surface area contributed by atoms with Crippen LogP contribution in [0.1, 0.15) is 32.1 Å². The zero-order chi connectivity index (χ0) is 13.2. The number of ether oxygens (including phenoxy) is 1. The molecule has 1 fully saturated rings. The zero-order valence-electron chi connectivity index (χ0n) is 11.4. The summed E-state index contributed by atoms with van der Waals surface area (Å²) in [4.78, 5) is 0. The molecule has 0 saturated heterocycles. The smallest absolute Gasteiger partial charge is 0.143 e. The summed E-state index contributed by atoms with van der Waals surface area (Å²) in [6.07, 6.45) is 8.75. The van der Waals surface area contributed by atoms with Gasteiger partial charge in [-0.05, 0) is 37.0 Å². The highest BCUT2D eigenvalue weighted by Gasteiger charge is 2.15. The van der Waals surface area contributed by atoms with Crippen LogP contribution in [0.4, 0.5) is 0 Å². The van der Waals surface area contributed by atoms with Crippen molar-refractivity contribution in [3.05, 3.63) is 29.4 Å². The Balaban J connectivity index is 1.80. The highest BCUT2D eigenvalue weighted by atomic mass is 35.5. The number of aryl methyl sites for hydroxylation is 1. The Morgan fingerprint density at radius 1 is 1.21 bits per heavy atom. The first-order valence-corrected chi connectivity index (χ1v) is 7.50. The van der Waals surface area contributed by atoms with Crippen molar-refractivity contribution in [2.45, 2.75) is 32.1 Å². The normalized spacial score (nSPS) is 16.9. The van der Waals surface area contributed by atoms with Crippen LogP contribution in [0.2, 0.25) is 5.02 Å². The van der Waals surface area contributed by atoms with Crippen LogP contribution in [0.3, 0.4) is 0 Å². The van der Waals surface area contributed by atoms with Crippen LogP contribution >= 0.6 is 11.6 Å². The van der Waals surface area contributed by atoms with Crippen LogP contribution in [0, 0.1) is 5.92 Å². The lowest BCUT2D eigenvalue weighted by Crippen LogP contribution is -2.15. The molecular formula is C16H20ClNO. The van der Waals surface area contributed by atoms with E-state index in [4.69, 9.17) is 16.3 Å². The SMILES string of the molecule is Cn1ccc2c(Cl)ccc(OCC3CCCCC3)c21. The zero-order valence-corrected chi connectivity index (χ0v) is 12.1. The van der Waals surface area contributed by atoms with Gasteiger partial charge in [0.1, 0.15) is 5.75 Å². The third-order valence-electron chi connectivity index (χ3n) is 4.14. The van der Waals surface area contributed by atoms with E-state index in [1.54, 1.807) is 0 Å². The molecule has 1 aliphatic rings. The van der Waals surface area contributed by atoms with Gasteiger partial charge in [0, 0.05) is 18.6 Å². The molecule has 19 heavy (non-hydrogen) atoms. The Morgan fingerprint density at radius 3 is 2.79 bits per heavy atom. The number of benzene rings is 1. The molecule has 0 unspecified atom stereocenters. The average Bonchev–Trinajstić information content (AvgIpc) is 2.83. The van der Waals surface area contributed by atoms with Gasteiger partial charge in [-0.2, -0.15) is 0 Å². The largest absolute Gasteiger partial charge is 0.491 e. The highest BCUT2D eigenvalue weighted by Crippen LogP contribution is 2.33. The fraction of sp³-hybridized carbons (Fsp3) is 0.500. The van der Waals surface area contributed by atoms with Crippen molar-refractivity contribution in [3.8, 4) is 5.75 Å². The van der Waals surface area contributed by atoms with Gasteiger partial charge in [-0.15, -0.1) is 0 Å². The molecule has 0 radical (unpaired) electrons. The van der Waals surface area contributed by atoms with E-state index in [0.717, 1.165) is 34.2 Å². The van der Waals surface area contributed by atoms with E-state index in [2.05, 4.69) is 4.57 Å². The van der Waals surface area contributed by atoms with Crippen LogP contribution in [-0.2, 0) is 7.05 Å². The summed E-state index contributed by atoms with van der Waals surface area (Å²) in [6, 6.07) is 5.97. The van der Waals surface area contributed by atoms with Crippen molar-refractivity contribution in [3.63, 3.8) is 0 Å². The molecule has 0 amide bonds. The second kappa shape index (κ2) is 5.46. The first-order valence-electron chi connectivity index (χ1n) is 7.12. The summed E-state index contributed by atoms with van der Waals surface area (Å²) in [5.41, 5.74) is 1.10. The fourth-order valence-electron chi connectivity index (χ4n) is 3.02. The van der Waals surface area contributed by atoms with Crippen LogP contribution in [-0.4, -0.2) is 11.2 Å². The number of halogens is 1. The van der Waals surface area contributed by atoms with E-state index in [-0.39, 0.29) is 0 Å². The van der Waals surface area contributed by atoms with Crippen molar-refractivity contribution in [2.75, 3.05) is 6.61 Å². The van der Waals surface area contributed by atoms with Gasteiger partial charge in [0.15, 0.2) is 0 Å². The lowest BCUT2D eigenvalue weighted by Gasteiger charge is -2.22. The van der Waals surface area contributed by atoms with E-state index >= 15 is 0 Å². The first kappa shape index (κ1) is 12.9. The van der Waals surface area contributed by atoms with Crippen molar-refractivity contribution in [1.29, 1.82) is 0 Å². The van der Waals surface area contributed by atoms with Crippen molar-refractivity contribution in [1.82, 2.24) is 4.57 Å². The summed E-state index contributed by atoms with van der Waals surface area (Å²) in [5, 5.41) is 1.87. The maximum atomic E-state index is 6.22. The predicted octanol–water partition coefficient (Wildman–Crippen LogP) is 4.79. The molecule has 2 aromatic rings. The van der Waals surface area contributed by atoms with E-state index in [0.29, 0.717) is 0 Å². The minimum atomic E-state index is 0.722. The molecule has 3 heteroatoms. The molecule has 0 atom stereocenters. The molecule has 0 N–H and O–H groups in total. The molecule has 102 valence electrons. The summed E-state index contributed by atoms with van der Waals surface area (Å²) >= 11 is 6.22. The fourth-order valence-corrected chi connectivity index (χ4v) is 3.24. The minimum absolute atomic E-state index is 0.722. The number of rotatable bonds is 3. The number of fused-ring (bicyclic) bond motifs is 1. The molecule has 3 rings (SSSR count). The van der Waals surface area contributed by atoms with Crippen LogP contribution in [0.5, 0.6) is 5.75 Å². The number of aromatic nitrogens is 1. The lowest BCUT2D eigenvalue weighted by atomic mass is 9.90. The Hall–Kier alpha value is -1.15. The van der Waals surface area contributed by atoms with Crippen LogP contribution < -0.4 is 4.74 Å². The van der Waals surface area contributed by atoms with Gasteiger partial charge in [0.05, 0.1) is 17.1 Å². The minimum Gasteiger partial charge on any atom is -0.491 e. The van der Waals surface area contributed by atoms with Gasteiger partial charge in [-0.25, -0.2) is 0 Å². The Kier molecular flexibility index (Phi) is 3.69. The molecule has 0 bridgehead atoms. The highest BCUT2D eigenvalue weighted by molar-refractivity contribution is 6.35. The molecule has 0 aliphatic heterocycles. The van der Waals surface area contributed by atoms with E-state index < -0.39 is 0 Å². The summed E-state index contributed by atoms with van der Waals surface area (Å²) < 4.78 is 8.15. The Morgan fingerprint density at radius 2 is 2.00 bits per heavy atom. The standard InChI is InChI=1S/C16H20ClNO/c1-18-10-9-13-14(17)7-8-15(16(13)18)19-11-12-5-3-2-4-6-12/h7-10,12H,2-6,11H2,1H3. The molecule has 0 spiro atoms. The van der Waals surface area contributed by atoms with Gasteiger partial charge in [-0.1, -0.05) is 30.9 Å². The third-order valence-corrected chi connectivity index (χ3v) is 4.47. The molecule has 1 saturated carbocycles. The van der Waals surface area contributed by atoms with Crippen molar-refractivity contribution < 1.29 is 4.74 Å². The number of hydrogen-bond donors (Lipinski definition) is 0. The predicted molar refractivity (Wildman–Crippen MR) is 80.0 cm³/mol. The third kappa shape index (κ3) is 2.59. The topological polar surface area (TPSA) is 14.2 Å². The second-order valence-corrected chi connectivity index (χ2v) is 5.96. The van der Waals surface area contributed by atoms with E-state index in [9.17, 15) is 0 Å². The second-order valence-electron chi connectivity index (χ2n) is 5.55. The molecule has 1 heterocycles. The Labute approximate surface area is 119 Å². The van der Waals surface area contributed by atoms with Gasteiger partial charge >= 0.3 is 0 Å². The van der Waals surface area contributed by atoms with Crippen molar-refractivity contribution in [2.24, 2.45) is 13.0 Å². The molecule has 2 nitrogen and oxygen atoms in total. The molecular weight excluding hydrogens is 258 g/mol. The van der Waals surface area contributed by atoms with E-state index in [1.807, 2.05) is 31.4 Å². The van der Waals surface area contributed by atoms with Gasteiger partial charge in [0.25, 0.3) is 0 Å². The quantitative estimate of drug-likeness (QED) is 0.787. The monoisotopic (exact) mass is 277 g/mol. The van der Waals surface area contributed by atoms with Crippen LogP contribution in [0.25, 0.3) is 10.9 Å². The molecule has 1 aliphatic carbocycles. The maximum absolute atomic E-state index is 6.22.